The van der Waals surface area contributed by atoms with Crippen molar-refractivity contribution < 1.29 is 57.4 Å². The molecule has 19 heavy (non-hydrogen) atoms. The van der Waals surface area contributed by atoms with Crippen LogP contribution in [-0.4, -0.2) is 24.1 Å². The van der Waals surface area contributed by atoms with Gasteiger partial charge in [-0.2, -0.15) is 48.3 Å². The molecular weight excluding hydrogens is 316 g/mol. The van der Waals surface area contributed by atoms with Gasteiger partial charge in [0.25, 0.3) is 0 Å². The van der Waals surface area contributed by atoms with Crippen LogP contribution >= 0.6 is 0 Å². The molecule has 0 saturated heterocycles. The Morgan fingerprint density at radius 1 is 0.632 bits per heavy atom. The fraction of sp³-hybridized carbons (Fsp3) is 0.667. The molecule has 0 aromatic rings. The first-order valence-electron chi connectivity index (χ1n) is 3.68. The summed E-state index contributed by atoms with van der Waals surface area (Å²) in [5, 5.41) is 0. The Balaban J connectivity index is 5.85. The third-order valence-corrected chi connectivity index (χ3v) is 1.55. The first-order valence-corrected chi connectivity index (χ1v) is 3.68. The second kappa shape index (κ2) is 4.67. The Morgan fingerprint density at radius 2 is 0.947 bits per heavy atom. The van der Waals surface area contributed by atoms with E-state index in [2.05, 4.69) is 0 Å². The summed E-state index contributed by atoms with van der Waals surface area (Å²) >= 11 is 0. The van der Waals surface area contributed by atoms with Crippen molar-refractivity contribution in [1.29, 1.82) is 0 Å². The van der Waals surface area contributed by atoms with E-state index < -0.39 is 36.2 Å². The van der Waals surface area contributed by atoms with Gasteiger partial charge in [-0.3, -0.25) is 0 Å². The second-order valence-corrected chi connectivity index (χ2v) is 2.81. The van der Waals surface area contributed by atoms with Gasteiger partial charge in [0.15, 0.2) is 0 Å². The number of alkyl halides is 9. The summed E-state index contributed by atoms with van der Waals surface area (Å²) in [5.41, 5.74) is -7.38. The van der Waals surface area contributed by atoms with Crippen LogP contribution in [0.15, 0.2) is 12.1 Å². The molecule has 114 valence electrons. The molecule has 0 bridgehead atoms. The molecule has 0 unspecified atom stereocenters. The third-order valence-electron chi connectivity index (χ3n) is 1.55. The van der Waals surface area contributed by atoms with E-state index >= 15 is 0 Å². The van der Waals surface area contributed by atoms with Crippen molar-refractivity contribution in [3.63, 3.8) is 0 Å². The predicted molar refractivity (Wildman–Crippen MR) is 32.3 cm³/mol. The van der Waals surface area contributed by atoms with Gasteiger partial charge in [0.2, 0.25) is 0 Å². The molecule has 0 aliphatic rings. The largest absolute Gasteiger partial charge is 0.453 e. The van der Waals surface area contributed by atoms with E-state index in [9.17, 15) is 52.7 Å². The molecule has 0 N–H and O–H groups in total. The van der Waals surface area contributed by atoms with Gasteiger partial charge in [-0.15, -0.1) is 0 Å². The quantitative estimate of drug-likeness (QED) is 0.552. The molecule has 13 heteroatoms. The molecule has 0 amide bonds. The van der Waals surface area contributed by atoms with Gasteiger partial charge < -0.3 is 4.74 Å². The maximum Gasteiger partial charge on any atom is 0.453 e. The first-order chi connectivity index (χ1) is 8.08. The van der Waals surface area contributed by atoms with Crippen molar-refractivity contribution in [3.05, 3.63) is 12.1 Å². The van der Waals surface area contributed by atoms with Gasteiger partial charge in [0.1, 0.15) is 0 Å². The SMILES string of the molecule is FC(F)=C(F)OC(F)(F)C(F)(C(F)(F)F)C(F)(F)F. The molecule has 0 radical (unpaired) electrons. The minimum absolute atomic E-state index is 1.83. The Labute approximate surface area is 95.0 Å². The lowest BCUT2D eigenvalue weighted by Gasteiger charge is -2.34. The molecule has 1 nitrogen and oxygen atoms in total. The van der Waals surface area contributed by atoms with Gasteiger partial charge in [0.05, 0.1) is 0 Å². The van der Waals surface area contributed by atoms with Crippen LogP contribution in [0.25, 0.3) is 0 Å². The molecule has 0 spiro atoms. The first kappa shape index (κ1) is 17.7. The van der Waals surface area contributed by atoms with E-state index in [1.165, 1.54) is 0 Å². The third kappa shape index (κ3) is 3.00. The normalized spacial score (nSPS) is 14.3. The zero-order chi connectivity index (χ0) is 15.9. The van der Waals surface area contributed by atoms with Crippen molar-refractivity contribution in [3.8, 4) is 0 Å². The standard InChI is InChI=1S/C6F12O/c7-1(8)2(9)19-6(17,18)3(10,4(11,12)13)5(14,15)16. The Bertz CT molecular complexity index is 343. The fourth-order valence-electron chi connectivity index (χ4n) is 0.712. The van der Waals surface area contributed by atoms with Gasteiger partial charge in [-0.25, -0.2) is 4.39 Å². The van der Waals surface area contributed by atoms with E-state index in [0.717, 1.165) is 0 Å². The number of hydrogen-bond acceptors (Lipinski definition) is 1. The van der Waals surface area contributed by atoms with Gasteiger partial charge in [-0.1, -0.05) is 0 Å². The average Bonchev–Trinajstić information content (AvgIpc) is 2.11. The van der Waals surface area contributed by atoms with Gasteiger partial charge in [-0.05, 0) is 0 Å². The number of halogens is 12. The number of hydrogen-bond donors (Lipinski definition) is 0. The van der Waals surface area contributed by atoms with Crippen LogP contribution < -0.4 is 0 Å². The smallest absolute Gasteiger partial charge is 0.399 e. The van der Waals surface area contributed by atoms with E-state index in [0.29, 0.717) is 0 Å². The van der Waals surface area contributed by atoms with Gasteiger partial charge in [0, 0.05) is 0 Å². The summed E-state index contributed by atoms with van der Waals surface area (Å²) in [6.07, 6.45) is -25.4. The molecule has 0 heterocycles. The summed E-state index contributed by atoms with van der Waals surface area (Å²) in [7, 11) is 0. The Morgan fingerprint density at radius 3 is 1.16 bits per heavy atom. The van der Waals surface area contributed by atoms with Crippen LogP contribution in [0, 0.1) is 0 Å². The highest BCUT2D eigenvalue weighted by atomic mass is 19.4. The zero-order valence-electron chi connectivity index (χ0n) is 7.94. The fourth-order valence-corrected chi connectivity index (χ4v) is 0.712. The van der Waals surface area contributed by atoms with Crippen molar-refractivity contribution >= 4 is 0 Å². The maximum absolute atomic E-state index is 12.6. The lowest BCUT2D eigenvalue weighted by molar-refractivity contribution is -0.445. The van der Waals surface area contributed by atoms with Gasteiger partial charge >= 0.3 is 36.2 Å². The molecule has 0 atom stereocenters. The minimum Gasteiger partial charge on any atom is -0.399 e. The van der Waals surface area contributed by atoms with Crippen LogP contribution in [0.1, 0.15) is 0 Å². The summed E-state index contributed by atoms with van der Waals surface area (Å²) < 4.78 is 144. The summed E-state index contributed by atoms with van der Waals surface area (Å²) in [5.74, 6) is 0. The topological polar surface area (TPSA) is 9.23 Å². The van der Waals surface area contributed by atoms with Crippen LogP contribution in [0.4, 0.5) is 52.7 Å². The molecule has 0 aliphatic carbocycles. The minimum atomic E-state index is -7.38. The van der Waals surface area contributed by atoms with Crippen LogP contribution in [0.3, 0.4) is 0 Å². The van der Waals surface area contributed by atoms with E-state index in [4.69, 9.17) is 0 Å². The number of rotatable bonds is 3. The molecule has 0 aliphatic heterocycles. The lowest BCUT2D eigenvalue weighted by Crippen LogP contribution is -2.65. The Hall–Kier alpha value is -1.30. The van der Waals surface area contributed by atoms with Crippen molar-refractivity contribution in [1.82, 2.24) is 0 Å². The van der Waals surface area contributed by atoms with Crippen molar-refractivity contribution in [2.45, 2.75) is 24.1 Å². The molecule has 0 aromatic carbocycles. The van der Waals surface area contributed by atoms with Crippen LogP contribution in [0.5, 0.6) is 0 Å². The van der Waals surface area contributed by atoms with Crippen LogP contribution in [0.2, 0.25) is 0 Å². The second-order valence-electron chi connectivity index (χ2n) is 2.81. The summed E-state index contributed by atoms with van der Waals surface area (Å²) in [6.45, 7) is 0. The number of ether oxygens (including phenoxy) is 1. The monoisotopic (exact) mass is 316 g/mol. The van der Waals surface area contributed by atoms with E-state index in [1.54, 1.807) is 0 Å². The highest BCUT2D eigenvalue weighted by Gasteiger charge is 2.86. The zero-order valence-corrected chi connectivity index (χ0v) is 7.94. The molecule has 0 aromatic heterocycles. The molecule has 0 rings (SSSR count). The van der Waals surface area contributed by atoms with Crippen LogP contribution in [-0.2, 0) is 4.74 Å². The molecule has 0 fully saturated rings. The highest BCUT2D eigenvalue weighted by Crippen LogP contribution is 2.55. The maximum atomic E-state index is 12.6. The molecular formula is C6F12O. The summed E-state index contributed by atoms with van der Waals surface area (Å²) in [6, 6.07) is -3.78. The summed E-state index contributed by atoms with van der Waals surface area (Å²) in [4.78, 5) is 0. The van der Waals surface area contributed by atoms with Crippen molar-refractivity contribution in [2.24, 2.45) is 0 Å². The lowest BCUT2D eigenvalue weighted by atomic mass is 10.0. The molecule has 0 saturated carbocycles. The van der Waals surface area contributed by atoms with Crippen molar-refractivity contribution in [2.75, 3.05) is 0 Å². The van der Waals surface area contributed by atoms with E-state index in [1.807, 2.05) is 4.74 Å². The average molecular weight is 316 g/mol. The predicted octanol–water partition coefficient (Wildman–Crippen LogP) is 4.46. The Kier molecular flexibility index (Phi) is 4.35. The highest BCUT2D eigenvalue weighted by molar-refractivity contribution is 5.03. The van der Waals surface area contributed by atoms with E-state index in [-0.39, 0.29) is 0 Å².